The molecule has 27 heavy (non-hydrogen) atoms. The van der Waals surface area contributed by atoms with Crippen molar-refractivity contribution in [2.24, 2.45) is 5.92 Å². The number of nitrogen functional groups attached to an aromatic ring is 1. The summed E-state index contributed by atoms with van der Waals surface area (Å²) in [5, 5.41) is -0.268. The van der Waals surface area contributed by atoms with Crippen LogP contribution < -0.4 is 5.73 Å². The predicted molar refractivity (Wildman–Crippen MR) is 101 cm³/mol. The summed E-state index contributed by atoms with van der Waals surface area (Å²) >= 11 is 1.02. The summed E-state index contributed by atoms with van der Waals surface area (Å²) in [5.74, 6) is 1.17. The van der Waals surface area contributed by atoms with Crippen LogP contribution in [0, 0.1) is 11.0 Å². The van der Waals surface area contributed by atoms with E-state index in [-0.39, 0.29) is 17.5 Å². The van der Waals surface area contributed by atoms with E-state index in [0.29, 0.717) is 41.0 Å². The number of carbonyl (C=O) groups excluding carboxylic acids is 1. The number of aromatic nitrogens is 3. The first-order chi connectivity index (χ1) is 13.1. The molecule has 0 aromatic carbocycles. The summed E-state index contributed by atoms with van der Waals surface area (Å²) in [6, 6.07) is 8.33. The number of pyridine rings is 1. The van der Waals surface area contributed by atoms with Crippen LogP contribution in [0.3, 0.4) is 0 Å². The van der Waals surface area contributed by atoms with Crippen molar-refractivity contribution in [2.45, 2.75) is 12.8 Å². The van der Waals surface area contributed by atoms with E-state index < -0.39 is 0 Å². The van der Waals surface area contributed by atoms with Crippen molar-refractivity contribution in [1.29, 1.82) is 0 Å². The highest BCUT2D eigenvalue weighted by Crippen LogP contribution is 2.28. The molecule has 138 valence electrons. The van der Waals surface area contributed by atoms with Crippen molar-refractivity contribution >= 4 is 22.9 Å². The molecule has 1 aliphatic heterocycles. The SMILES string of the molecule is Nc1ccc(-c2ccc(F)s2)nc1CC(=O)N1CC(Cc2ncccn2)C1. The van der Waals surface area contributed by atoms with Crippen LogP contribution in [0.2, 0.25) is 0 Å². The van der Waals surface area contributed by atoms with Gasteiger partial charge in [-0.2, -0.15) is 4.39 Å². The van der Waals surface area contributed by atoms with Crippen LogP contribution in [-0.4, -0.2) is 38.8 Å². The van der Waals surface area contributed by atoms with Crippen molar-refractivity contribution in [2.75, 3.05) is 18.8 Å². The third kappa shape index (κ3) is 3.95. The van der Waals surface area contributed by atoms with Crippen molar-refractivity contribution in [1.82, 2.24) is 19.9 Å². The maximum atomic E-state index is 13.3. The van der Waals surface area contributed by atoms with Crippen LogP contribution in [0.25, 0.3) is 10.6 Å². The number of carbonyl (C=O) groups is 1. The van der Waals surface area contributed by atoms with Gasteiger partial charge in [0.25, 0.3) is 0 Å². The Hall–Kier alpha value is -2.87. The lowest BCUT2D eigenvalue weighted by Gasteiger charge is -2.39. The highest BCUT2D eigenvalue weighted by atomic mass is 32.1. The van der Waals surface area contributed by atoms with Crippen LogP contribution in [-0.2, 0) is 17.6 Å². The Morgan fingerprint density at radius 1 is 1.22 bits per heavy atom. The van der Waals surface area contributed by atoms with Gasteiger partial charge in [-0.1, -0.05) is 0 Å². The molecule has 0 bridgehead atoms. The highest BCUT2D eigenvalue weighted by molar-refractivity contribution is 7.13. The van der Waals surface area contributed by atoms with Crippen molar-refractivity contribution in [3.63, 3.8) is 0 Å². The topological polar surface area (TPSA) is 85.0 Å². The van der Waals surface area contributed by atoms with Crippen LogP contribution in [0.15, 0.2) is 42.7 Å². The average molecular weight is 383 g/mol. The second kappa shape index (κ2) is 7.40. The fraction of sp³-hybridized carbons (Fsp3) is 0.263. The number of thiophene rings is 1. The first-order valence-electron chi connectivity index (χ1n) is 8.63. The molecular weight excluding hydrogens is 365 g/mol. The molecule has 4 heterocycles. The molecule has 0 unspecified atom stereocenters. The van der Waals surface area contributed by atoms with Gasteiger partial charge >= 0.3 is 0 Å². The van der Waals surface area contributed by atoms with E-state index in [1.165, 1.54) is 6.07 Å². The maximum Gasteiger partial charge on any atom is 0.228 e. The van der Waals surface area contributed by atoms with Crippen molar-refractivity contribution in [3.05, 3.63) is 59.4 Å². The molecule has 0 aliphatic carbocycles. The molecule has 8 heteroatoms. The number of hydrogen-bond donors (Lipinski definition) is 1. The molecule has 0 saturated carbocycles. The lowest BCUT2D eigenvalue weighted by Crippen LogP contribution is -2.51. The number of nitrogens with zero attached hydrogens (tertiary/aromatic N) is 4. The zero-order valence-corrected chi connectivity index (χ0v) is 15.3. The van der Waals surface area contributed by atoms with Gasteiger partial charge in [0.2, 0.25) is 5.91 Å². The molecule has 3 aromatic rings. The van der Waals surface area contributed by atoms with Crippen molar-refractivity contribution < 1.29 is 9.18 Å². The Bertz CT molecular complexity index is 956. The van der Waals surface area contributed by atoms with Crippen molar-refractivity contribution in [3.8, 4) is 10.6 Å². The highest BCUT2D eigenvalue weighted by Gasteiger charge is 2.31. The lowest BCUT2D eigenvalue weighted by atomic mass is 9.95. The zero-order chi connectivity index (χ0) is 18.8. The molecule has 3 aromatic heterocycles. The summed E-state index contributed by atoms with van der Waals surface area (Å²) in [6.45, 7) is 1.37. The summed E-state index contributed by atoms with van der Waals surface area (Å²) < 4.78 is 13.3. The van der Waals surface area contributed by atoms with E-state index in [1.54, 1.807) is 41.6 Å². The van der Waals surface area contributed by atoms with Gasteiger partial charge in [-0.05, 0) is 30.3 Å². The van der Waals surface area contributed by atoms with Gasteiger partial charge in [-0.3, -0.25) is 4.79 Å². The summed E-state index contributed by atoms with van der Waals surface area (Å²) in [4.78, 5) is 28.0. The number of likely N-dealkylation sites (tertiary alicyclic amines) is 1. The molecule has 6 nitrogen and oxygen atoms in total. The third-order valence-electron chi connectivity index (χ3n) is 4.55. The number of hydrogen-bond acceptors (Lipinski definition) is 6. The largest absolute Gasteiger partial charge is 0.397 e. The Kier molecular flexibility index (Phi) is 4.81. The smallest absolute Gasteiger partial charge is 0.228 e. The molecule has 2 N–H and O–H groups in total. The summed E-state index contributed by atoms with van der Waals surface area (Å²) in [5.41, 5.74) is 7.62. The lowest BCUT2D eigenvalue weighted by molar-refractivity contribution is -0.136. The molecular formula is C19H18FN5OS. The van der Waals surface area contributed by atoms with Crippen LogP contribution >= 0.6 is 11.3 Å². The van der Waals surface area contributed by atoms with E-state index in [4.69, 9.17) is 5.73 Å². The second-order valence-electron chi connectivity index (χ2n) is 6.55. The fourth-order valence-electron chi connectivity index (χ4n) is 3.09. The standard InChI is InChI=1S/C19H18FN5OS/c20-17-5-4-16(27-17)14-3-2-13(21)15(24-14)9-19(26)25-10-12(11-25)8-18-22-6-1-7-23-18/h1-7,12H,8-11,21H2. The fourth-order valence-corrected chi connectivity index (χ4v) is 3.79. The van der Waals surface area contributed by atoms with E-state index in [2.05, 4.69) is 15.0 Å². The van der Waals surface area contributed by atoms with Gasteiger partial charge in [0.15, 0.2) is 5.13 Å². The monoisotopic (exact) mass is 383 g/mol. The summed E-state index contributed by atoms with van der Waals surface area (Å²) in [6.07, 6.45) is 4.36. The molecule has 1 fully saturated rings. The Morgan fingerprint density at radius 3 is 2.70 bits per heavy atom. The van der Waals surface area contributed by atoms with E-state index >= 15 is 0 Å². The van der Waals surface area contributed by atoms with Gasteiger partial charge in [0, 0.05) is 37.8 Å². The minimum absolute atomic E-state index is 0.00561. The minimum atomic E-state index is -0.268. The Balaban J connectivity index is 1.37. The van der Waals surface area contributed by atoms with Crippen LogP contribution in [0.4, 0.5) is 10.1 Å². The quantitative estimate of drug-likeness (QED) is 0.732. The second-order valence-corrected chi connectivity index (χ2v) is 7.58. The molecule has 0 spiro atoms. The maximum absolute atomic E-state index is 13.3. The number of anilines is 1. The van der Waals surface area contributed by atoms with Gasteiger partial charge in [0.05, 0.1) is 28.4 Å². The summed E-state index contributed by atoms with van der Waals surface area (Å²) in [7, 11) is 0. The van der Waals surface area contributed by atoms with Crippen LogP contribution in [0.5, 0.6) is 0 Å². The van der Waals surface area contributed by atoms with Gasteiger partial charge in [-0.15, -0.1) is 11.3 Å². The molecule has 0 atom stereocenters. The molecule has 1 aliphatic rings. The first-order valence-corrected chi connectivity index (χ1v) is 9.45. The average Bonchev–Trinajstić information content (AvgIpc) is 3.07. The molecule has 4 rings (SSSR count). The number of halogens is 1. The normalized spacial score (nSPS) is 14.2. The van der Waals surface area contributed by atoms with Gasteiger partial charge < -0.3 is 10.6 Å². The number of rotatable bonds is 5. The Labute approximate surface area is 159 Å². The van der Waals surface area contributed by atoms with E-state index in [1.807, 2.05) is 0 Å². The van der Waals surface area contributed by atoms with E-state index in [0.717, 1.165) is 23.6 Å². The third-order valence-corrected chi connectivity index (χ3v) is 5.45. The van der Waals surface area contributed by atoms with Gasteiger partial charge in [-0.25, -0.2) is 15.0 Å². The number of amides is 1. The minimum Gasteiger partial charge on any atom is -0.397 e. The first kappa shape index (κ1) is 17.5. The molecule has 0 radical (unpaired) electrons. The van der Waals surface area contributed by atoms with E-state index in [9.17, 15) is 9.18 Å². The van der Waals surface area contributed by atoms with Gasteiger partial charge in [0.1, 0.15) is 5.82 Å². The zero-order valence-electron chi connectivity index (χ0n) is 14.5. The number of nitrogens with two attached hydrogens (primary N) is 1. The Morgan fingerprint density at radius 2 is 2.00 bits per heavy atom. The molecule has 1 amide bonds. The van der Waals surface area contributed by atoms with Crippen LogP contribution in [0.1, 0.15) is 11.5 Å². The predicted octanol–water partition coefficient (Wildman–Crippen LogP) is 2.57. The molecule has 1 saturated heterocycles.